The standard InChI is InChI=1S/C22H8Cl4N2O4.C3H7NO.C3H8O/c23-9-1-3-17(15(25)5-9)27-19(29)11-7-13-14(8-12(11)20(27)30)22(32)28(21(13)31)18-4-2-10(24)6-16(18)26;1-4(2)3-5;1-3(2)4/h1-8H;3H,1-2H3;3-4H,1-2H3. The quantitative estimate of drug-likeness (QED) is 0.289. The van der Waals surface area contributed by atoms with Crippen LogP contribution in [0.2, 0.25) is 20.1 Å². The lowest BCUT2D eigenvalue weighted by molar-refractivity contribution is -0.115. The molecule has 0 spiro atoms. The smallest absolute Gasteiger partial charge is 0.266 e. The molecule has 2 aromatic heterocycles. The van der Waals surface area contributed by atoms with Crippen LogP contribution in [0.5, 0.6) is 0 Å². The van der Waals surface area contributed by atoms with Crippen molar-refractivity contribution >= 4 is 74.4 Å². The molecule has 0 aliphatic carbocycles. The Hall–Kier alpha value is -3.47. The molecule has 5 rings (SSSR count). The molecule has 0 atom stereocenters. The Bertz CT molecular complexity index is 1760. The maximum absolute atomic E-state index is 13.0. The van der Waals surface area contributed by atoms with Crippen LogP contribution in [-0.2, 0) is 4.79 Å². The number of halogens is 4. The molecule has 13 heteroatoms. The SMILES string of the molecule is CC(C)O.CN(C)C=O.O=c1c2cc3c(=O)n(-c4ccc(Cl)cc4Cl)c(=O)c3cc2c(=O)n1-c1ccc(Cl)cc1Cl. The van der Waals surface area contributed by atoms with Crippen molar-refractivity contribution in [2.24, 2.45) is 0 Å². The van der Waals surface area contributed by atoms with E-state index in [2.05, 4.69) is 0 Å². The molecule has 0 bridgehead atoms. The van der Waals surface area contributed by atoms with Crippen LogP contribution in [0.15, 0.2) is 67.7 Å². The number of benzene rings is 3. The first-order valence-electron chi connectivity index (χ1n) is 11.8. The van der Waals surface area contributed by atoms with E-state index in [4.69, 9.17) is 51.5 Å². The van der Waals surface area contributed by atoms with E-state index in [0.29, 0.717) is 10.0 Å². The lowest BCUT2D eigenvalue weighted by atomic mass is 10.1. The normalized spacial score (nSPS) is 10.8. The minimum Gasteiger partial charge on any atom is -0.394 e. The fourth-order valence-electron chi connectivity index (χ4n) is 3.74. The largest absolute Gasteiger partial charge is 0.394 e. The number of aromatic nitrogens is 2. The van der Waals surface area contributed by atoms with Crippen molar-refractivity contribution in [3.05, 3.63) is 110 Å². The van der Waals surface area contributed by atoms with Crippen LogP contribution in [0.1, 0.15) is 13.8 Å². The Morgan fingerprint density at radius 2 is 0.927 bits per heavy atom. The van der Waals surface area contributed by atoms with Gasteiger partial charge in [0, 0.05) is 30.2 Å². The van der Waals surface area contributed by atoms with Crippen molar-refractivity contribution in [2.45, 2.75) is 20.0 Å². The highest BCUT2D eigenvalue weighted by Gasteiger charge is 2.22. The Morgan fingerprint density at radius 3 is 1.15 bits per heavy atom. The van der Waals surface area contributed by atoms with Crippen LogP contribution >= 0.6 is 46.4 Å². The summed E-state index contributed by atoms with van der Waals surface area (Å²) in [6.07, 6.45) is 0.583. The molecule has 0 fully saturated rings. The van der Waals surface area contributed by atoms with Crippen LogP contribution in [0.25, 0.3) is 32.9 Å². The van der Waals surface area contributed by atoms with Gasteiger partial charge in [-0.3, -0.25) is 24.0 Å². The number of aliphatic hydroxyl groups excluding tert-OH is 1. The third-order valence-corrected chi connectivity index (χ3v) is 6.48. The average molecular weight is 639 g/mol. The first kappa shape index (κ1) is 32.0. The number of aliphatic hydroxyl groups is 1. The second-order valence-corrected chi connectivity index (χ2v) is 10.9. The van der Waals surface area contributed by atoms with Crippen molar-refractivity contribution in [3.63, 3.8) is 0 Å². The van der Waals surface area contributed by atoms with Crippen molar-refractivity contribution in [3.8, 4) is 11.4 Å². The van der Waals surface area contributed by atoms with Crippen LogP contribution in [0, 0.1) is 0 Å². The van der Waals surface area contributed by atoms with Crippen molar-refractivity contribution in [1.82, 2.24) is 14.0 Å². The topological polar surface area (TPSA) is 119 Å². The molecule has 0 aliphatic heterocycles. The summed E-state index contributed by atoms with van der Waals surface area (Å²) in [5, 5.41) is 8.91. The van der Waals surface area contributed by atoms with Gasteiger partial charge in [0.15, 0.2) is 0 Å². The highest BCUT2D eigenvalue weighted by Crippen LogP contribution is 2.26. The number of carbonyl (C=O) groups excluding carboxylic acids is 1. The highest BCUT2D eigenvalue weighted by atomic mass is 35.5. The molecule has 214 valence electrons. The van der Waals surface area contributed by atoms with E-state index in [-0.39, 0.29) is 49.1 Å². The molecule has 9 nitrogen and oxygen atoms in total. The fraction of sp³-hybridized carbons (Fsp3) is 0.179. The minimum absolute atomic E-state index is 0.00929. The van der Waals surface area contributed by atoms with Gasteiger partial charge in [0.05, 0.1) is 43.0 Å². The maximum Gasteiger partial charge on any atom is 0.266 e. The number of hydrogen-bond acceptors (Lipinski definition) is 6. The number of nitrogens with zero attached hydrogens (tertiary/aromatic N) is 3. The second-order valence-electron chi connectivity index (χ2n) is 9.19. The maximum atomic E-state index is 13.0. The Kier molecular flexibility index (Phi) is 10.2. The first-order chi connectivity index (χ1) is 19.2. The molecule has 5 aromatic rings. The van der Waals surface area contributed by atoms with Crippen LogP contribution < -0.4 is 22.2 Å². The van der Waals surface area contributed by atoms with Gasteiger partial charge in [0.25, 0.3) is 22.2 Å². The lowest BCUT2D eigenvalue weighted by Gasteiger charge is -2.03. The number of fused-ring (bicyclic) bond motifs is 2. The Balaban J connectivity index is 0.000000451. The van der Waals surface area contributed by atoms with E-state index in [0.717, 1.165) is 15.5 Å². The Morgan fingerprint density at radius 1 is 0.659 bits per heavy atom. The lowest BCUT2D eigenvalue weighted by Crippen LogP contribution is -2.24. The summed E-state index contributed by atoms with van der Waals surface area (Å²) >= 11 is 24.2. The molecule has 1 amide bonds. The predicted molar refractivity (Wildman–Crippen MR) is 165 cm³/mol. The van der Waals surface area contributed by atoms with Gasteiger partial charge in [-0.2, -0.15) is 0 Å². The molecule has 0 radical (unpaired) electrons. The van der Waals surface area contributed by atoms with Gasteiger partial charge in [-0.15, -0.1) is 0 Å². The highest BCUT2D eigenvalue weighted by molar-refractivity contribution is 6.36. The van der Waals surface area contributed by atoms with E-state index in [1.807, 2.05) is 0 Å². The summed E-state index contributed by atoms with van der Waals surface area (Å²) in [4.78, 5) is 63.1. The van der Waals surface area contributed by atoms with Crippen LogP contribution in [0.4, 0.5) is 0 Å². The van der Waals surface area contributed by atoms with Gasteiger partial charge >= 0.3 is 0 Å². The van der Waals surface area contributed by atoms with Gasteiger partial charge in [0.1, 0.15) is 0 Å². The van der Waals surface area contributed by atoms with Crippen molar-refractivity contribution in [1.29, 1.82) is 0 Å². The van der Waals surface area contributed by atoms with Gasteiger partial charge in [-0.05, 0) is 62.4 Å². The summed E-state index contributed by atoms with van der Waals surface area (Å²) in [6.45, 7) is 3.44. The molecule has 0 saturated heterocycles. The minimum atomic E-state index is -0.666. The summed E-state index contributed by atoms with van der Waals surface area (Å²) in [6, 6.07) is 11.2. The van der Waals surface area contributed by atoms with Crippen molar-refractivity contribution < 1.29 is 9.90 Å². The molecule has 41 heavy (non-hydrogen) atoms. The number of rotatable bonds is 3. The molecule has 3 aromatic carbocycles. The Labute approximate surface area is 253 Å². The summed E-state index contributed by atoms with van der Waals surface area (Å²) in [5.41, 5.74) is -2.37. The molecule has 2 heterocycles. The van der Waals surface area contributed by atoms with E-state index < -0.39 is 22.2 Å². The number of carbonyl (C=O) groups is 1. The van der Waals surface area contributed by atoms with E-state index in [9.17, 15) is 24.0 Å². The fourth-order valence-corrected chi connectivity index (χ4v) is 4.72. The van der Waals surface area contributed by atoms with Crippen LogP contribution in [-0.4, -0.2) is 45.8 Å². The zero-order chi connectivity index (χ0) is 30.8. The summed E-state index contributed by atoms with van der Waals surface area (Å²) in [5.74, 6) is 0. The third-order valence-electron chi connectivity index (χ3n) is 5.40. The van der Waals surface area contributed by atoms with E-state index in [1.165, 1.54) is 53.4 Å². The van der Waals surface area contributed by atoms with Gasteiger partial charge in [0.2, 0.25) is 6.41 Å². The van der Waals surface area contributed by atoms with Gasteiger partial charge in [-0.1, -0.05) is 46.4 Å². The van der Waals surface area contributed by atoms with Gasteiger partial charge in [-0.25, -0.2) is 9.13 Å². The summed E-state index contributed by atoms with van der Waals surface area (Å²) in [7, 11) is 3.38. The molecule has 0 unspecified atom stereocenters. The van der Waals surface area contributed by atoms with E-state index >= 15 is 0 Å². The van der Waals surface area contributed by atoms with E-state index in [1.54, 1.807) is 27.9 Å². The zero-order valence-electron chi connectivity index (χ0n) is 22.1. The molecule has 1 N–H and O–H groups in total. The van der Waals surface area contributed by atoms with Gasteiger partial charge < -0.3 is 10.0 Å². The predicted octanol–water partition coefficient (Wildman–Crippen LogP) is 4.60. The third kappa shape index (κ3) is 6.72. The molecular weight excluding hydrogens is 616 g/mol. The second kappa shape index (κ2) is 13.0. The number of amides is 1. The molecule has 0 saturated carbocycles. The average Bonchev–Trinajstić information content (AvgIpc) is 3.27. The molecular formula is C28H23Cl4N3O6. The number of hydrogen-bond donors (Lipinski definition) is 1. The van der Waals surface area contributed by atoms with Crippen molar-refractivity contribution in [2.75, 3.05) is 14.1 Å². The monoisotopic (exact) mass is 637 g/mol. The molecule has 0 aliphatic rings. The summed E-state index contributed by atoms with van der Waals surface area (Å²) < 4.78 is 1.78. The first-order valence-corrected chi connectivity index (χ1v) is 13.4. The van der Waals surface area contributed by atoms with Crippen LogP contribution in [0.3, 0.4) is 0 Å². The zero-order valence-corrected chi connectivity index (χ0v) is 25.1.